The Kier molecular flexibility index (Phi) is 4.17. The van der Waals surface area contributed by atoms with E-state index >= 15 is 0 Å². The summed E-state index contributed by atoms with van der Waals surface area (Å²) in [5.41, 5.74) is 0. The van der Waals surface area contributed by atoms with Crippen molar-refractivity contribution in [2.24, 2.45) is 5.92 Å². The van der Waals surface area contributed by atoms with Crippen LogP contribution in [0.3, 0.4) is 0 Å². The maximum Gasteiger partial charge on any atom is 0.303 e. The Morgan fingerprint density at radius 1 is 1.40 bits per heavy atom. The van der Waals surface area contributed by atoms with E-state index in [4.69, 9.17) is 11.5 Å². The predicted molar refractivity (Wildman–Crippen MR) is 55.0 cm³/mol. The third-order valence-corrected chi connectivity index (χ3v) is 2.68. The average molecular weight is 209 g/mol. The molecule has 0 spiro atoms. The first-order chi connectivity index (χ1) is 7.13. The van der Waals surface area contributed by atoms with Gasteiger partial charge >= 0.3 is 5.97 Å². The van der Waals surface area contributed by atoms with Crippen molar-refractivity contribution in [2.75, 3.05) is 13.1 Å². The van der Waals surface area contributed by atoms with Crippen molar-refractivity contribution in [3.05, 3.63) is 0 Å². The fourth-order valence-electron chi connectivity index (χ4n) is 1.83. The largest absolute Gasteiger partial charge is 0.481 e. The minimum absolute atomic E-state index is 0.0220. The summed E-state index contributed by atoms with van der Waals surface area (Å²) < 4.78 is 0. The number of hydrogen-bond donors (Lipinski definition) is 1. The number of nitrogens with zero attached hydrogens (tertiary/aromatic N) is 1. The van der Waals surface area contributed by atoms with E-state index in [0.29, 0.717) is 13.1 Å². The molecule has 0 aromatic carbocycles. The van der Waals surface area contributed by atoms with Crippen molar-refractivity contribution in [3.8, 4) is 12.3 Å². The van der Waals surface area contributed by atoms with Gasteiger partial charge in [0.1, 0.15) is 0 Å². The zero-order chi connectivity index (χ0) is 11.3. The Morgan fingerprint density at radius 2 is 2.00 bits per heavy atom. The van der Waals surface area contributed by atoms with Crippen molar-refractivity contribution in [1.29, 1.82) is 0 Å². The monoisotopic (exact) mass is 209 g/mol. The molecule has 1 rings (SSSR count). The first-order valence-corrected chi connectivity index (χ1v) is 5.06. The number of hydrogen-bond acceptors (Lipinski definition) is 2. The molecule has 0 radical (unpaired) electrons. The van der Waals surface area contributed by atoms with Crippen LogP contribution < -0.4 is 0 Å². The van der Waals surface area contributed by atoms with Crippen LogP contribution in [0.2, 0.25) is 0 Å². The standard InChI is InChI=1S/C11H15NO3/c1-2-3-10(13)12-6-4-9(5-7-12)8-11(14)15/h1,9H,3-8H2,(H,14,15). The van der Waals surface area contributed by atoms with E-state index in [1.807, 2.05) is 0 Å². The van der Waals surface area contributed by atoms with Crippen LogP contribution in [0.5, 0.6) is 0 Å². The number of terminal acetylenes is 1. The van der Waals surface area contributed by atoms with Crippen LogP contribution >= 0.6 is 0 Å². The lowest BCUT2D eigenvalue weighted by atomic mass is 9.93. The van der Waals surface area contributed by atoms with Gasteiger partial charge in [-0.25, -0.2) is 0 Å². The maximum absolute atomic E-state index is 11.4. The zero-order valence-electron chi connectivity index (χ0n) is 8.61. The molecule has 4 heteroatoms. The number of carboxylic acid groups (broad SMARTS) is 1. The number of aliphatic carboxylic acids is 1. The summed E-state index contributed by atoms with van der Waals surface area (Å²) in [5.74, 6) is 1.75. The second-order valence-corrected chi connectivity index (χ2v) is 3.80. The SMILES string of the molecule is C#CCC(=O)N1CCC(CC(=O)O)CC1. The molecule has 0 saturated carbocycles. The molecule has 1 fully saturated rings. The van der Waals surface area contributed by atoms with E-state index in [-0.39, 0.29) is 24.7 Å². The van der Waals surface area contributed by atoms with Crippen LogP contribution in [-0.4, -0.2) is 35.0 Å². The predicted octanol–water partition coefficient (Wildman–Crippen LogP) is 0.723. The molecule has 0 bridgehead atoms. The highest BCUT2D eigenvalue weighted by atomic mass is 16.4. The summed E-state index contributed by atoms with van der Waals surface area (Å²) in [7, 11) is 0. The van der Waals surface area contributed by atoms with Crippen LogP contribution in [0.4, 0.5) is 0 Å². The second kappa shape index (κ2) is 5.40. The Hall–Kier alpha value is -1.50. The number of carbonyl (C=O) groups is 2. The van der Waals surface area contributed by atoms with Gasteiger partial charge in [0.15, 0.2) is 0 Å². The van der Waals surface area contributed by atoms with E-state index < -0.39 is 5.97 Å². The summed E-state index contributed by atoms with van der Waals surface area (Å²) in [6, 6.07) is 0. The minimum Gasteiger partial charge on any atom is -0.481 e. The Morgan fingerprint density at radius 3 is 2.47 bits per heavy atom. The molecule has 4 nitrogen and oxygen atoms in total. The molecule has 1 saturated heterocycles. The van der Waals surface area contributed by atoms with Crippen LogP contribution in [-0.2, 0) is 9.59 Å². The highest BCUT2D eigenvalue weighted by Gasteiger charge is 2.23. The lowest BCUT2D eigenvalue weighted by Crippen LogP contribution is -2.38. The molecule has 1 aliphatic heterocycles. The van der Waals surface area contributed by atoms with Gasteiger partial charge in [-0.15, -0.1) is 6.42 Å². The van der Waals surface area contributed by atoms with Gasteiger partial charge in [0.25, 0.3) is 0 Å². The number of piperidine rings is 1. The normalized spacial score (nSPS) is 17.1. The van der Waals surface area contributed by atoms with E-state index in [2.05, 4.69) is 5.92 Å². The number of likely N-dealkylation sites (tertiary alicyclic amines) is 1. The van der Waals surface area contributed by atoms with Crippen LogP contribution in [0.15, 0.2) is 0 Å². The first kappa shape index (κ1) is 11.6. The zero-order valence-corrected chi connectivity index (χ0v) is 8.61. The van der Waals surface area contributed by atoms with Gasteiger partial charge in [-0.1, -0.05) is 5.92 Å². The van der Waals surface area contributed by atoms with Crippen molar-refractivity contribution in [1.82, 2.24) is 4.90 Å². The molecule has 0 aromatic heterocycles. The Labute approximate surface area is 89.3 Å². The van der Waals surface area contributed by atoms with Gasteiger partial charge < -0.3 is 10.0 Å². The molecule has 82 valence electrons. The van der Waals surface area contributed by atoms with Crippen molar-refractivity contribution in [3.63, 3.8) is 0 Å². The first-order valence-electron chi connectivity index (χ1n) is 5.06. The summed E-state index contributed by atoms with van der Waals surface area (Å²) in [5, 5.41) is 8.62. The molecule has 15 heavy (non-hydrogen) atoms. The van der Waals surface area contributed by atoms with E-state index in [1.54, 1.807) is 4.90 Å². The molecule has 0 unspecified atom stereocenters. The van der Waals surface area contributed by atoms with E-state index in [0.717, 1.165) is 12.8 Å². The van der Waals surface area contributed by atoms with E-state index in [9.17, 15) is 9.59 Å². The average Bonchev–Trinajstić information content (AvgIpc) is 2.18. The van der Waals surface area contributed by atoms with Crippen LogP contribution in [0, 0.1) is 18.3 Å². The molecule has 0 aromatic rings. The number of amides is 1. The number of rotatable bonds is 3. The highest BCUT2D eigenvalue weighted by Crippen LogP contribution is 2.20. The fraction of sp³-hybridized carbons (Fsp3) is 0.636. The van der Waals surface area contributed by atoms with Gasteiger partial charge in [0.05, 0.1) is 6.42 Å². The third-order valence-electron chi connectivity index (χ3n) is 2.68. The van der Waals surface area contributed by atoms with Gasteiger partial charge in [-0.05, 0) is 18.8 Å². The topological polar surface area (TPSA) is 57.6 Å². The minimum atomic E-state index is -0.761. The van der Waals surface area contributed by atoms with Gasteiger partial charge in [0, 0.05) is 19.5 Å². The molecule has 1 amide bonds. The summed E-state index contributed by atoms with van der Waals surface area (Å²) in [6.07, 6.45) is 6.94. The summed E-state index contributed by atoms with van der Waals surface area (Å²) >= 11 is 0. The maximum atomic E-state index is 11.4. The van der Waals surface area contributed by atoms with E-state index in [1.165, 1.54) is 0 Å². The second-order valence-electron chi connectivity index (χ2n) is 3.80. The van der Waals surface area contributed by atoms with Crippen LogP contribution in [0.1, 0.15) is 25.7 Å². The van der Waals surface area contributed by atoms with Gasteiger partial charge in [0.2, 0.25) is 5.91 Å². The highest BCUT2D eigenvalue weighted by molar-refractivity contribution is 5.78. The summed E-state index contributed by atoms with van der Waals surface area (Å²) in [4.78, 5) is 23.6. The van der Waals surface area contributed by atoms with Crippen LogP contribution in [0.25, 0.3) is 0 Å². The quantitative estimate of drug-likeness (QED) is 0.697. The smallest absolute Gasteiger partial charge is 0.303 e. The molecule has 0 atom stereocenters. The van der Waals surface area contributed by atoms with Gasteiger partial charge in [-0.3, -0.25) is 9.59 Å². The fourth-order valence-corrected chi connectivity index (χ4v) is 1.83. The lowest BCUT2D eigenvalue weighted by molar-refractivity contribution is -0.138. The molecule has 0 aliphatic carbocycles. The Balaban J connectivity index is 2.33. The Bertz CT molecular complexity index is 285. The molecular weight excluding hydrogens is 194 g/mol. The molecule has 1 heterocycles. The molecule has 1 N–H and O–H groups in total. The van der Waals surface area contributed by atoms with Gasteiger partial charge in [-0.2, -0.15) is 0 Å². The summed E-state index contributed by atoms with van der Waals surface area (Å²) in [6.45, 7) is 1.27. The number of carboxylic acids is 1. The van der Waals surface area contributed by atoms with Crippen molar-refractivity contribution >= 4 is 11.9 Å². The number of carbonyl (C=O) groups excluding carboxylic acids is 1. The van der Waals surface area contributed by atoms with Crippen molar-refractivity contribution in [2.45, 2.75) is 25.7 Å². The molecular formula is C11H15NO3. The lowest BCUT2D eigenvalue weighted by Gasteiger charge is -2.30. The molecule has 1 aliphatic rings. The van der Waals surface area contributed by atoms with Crippen molar-refractivity contribution < 1.29 is 14.7 Å². The third kappa shape index (κ3) is 3.62.